The number of piperazine rings is 1. The number of rotatable bonds is 3. The summed E-state index contributed by atoms with van der Waals surface area (Å²) in [6, 6.07) is 3.34. The maximum atomic E-state index is 13.8. The molecular weight excluding hydrogens is 380 g/mol. The number of hydrogen-bond donors (Lipinski definition) is 1. The van der Waals surface area contributed by atoms with Gasteiger partial charge < -0.3 is 20.3 Å². The molecule has 0 aliphatic carbocycles. The summed E-state index contributed by atoms with van der Waals surface area (Å²) >= 11 is 0. The number of benzene rings is 1. The van der Waals surface area contributed by atoms with Crippen molar-refractivity contribution in [1.29, 1.82) is 0 Å². The molecule has 2 aliphatic heterocycles. The van der Waals surface area contributed by atoms with Gasteiger partial charge in [0.15, 0.2) is 0 Å². The molecule has 0 unspecified atom stereocenters. The second-order valence-electron chi connectivity index (χ2n) is 6.78. The Labute approximate surface area is 163 Å². The fourth-order valence-electron chi connectivity index (χ4n) is 3.58. The van der Waals surface area contributed by atoms with E-state index in [1.807, 2.05) is 0 Å². The molecule has 0 aromatic heterocycles. The molecule has 0 radical (unpaired) electrons. The average Bonchev–Trinajstić information content (AvgIpc) is 2.68. The lowest BCUT2D eigenvalue weighted by Gasteiger charge is -2.42. The van der Waals surface area contributed by atoms with Crippen molar-refractivity contribution in [3.8, 4) is 0 Å². The first-order chi connectivity index (χ1) is 12.5. The van der Waals surface area contributed by atoms with E-state index in [0.717, 1.165) is 12.1 Å². The minimum Gasteiger partial charge on any atom is -0.381 e. The van der Waals surface area contributed by atoms with Gasteiger partial charge in [-0.2, -0.15) is 0 Å². The average molecular weight is 404 g/mol. The molecule has 3 rings (SSSR count). The zero-order valence-electron chi connectivity index (χ0n) is 15.0. The molecule has 2 fully saturated rings. The summed E-state index contributed by atoms with van der Waals surface area (Å²) in [5.74, 6) is -2.46. The van der Waals surface area contributed by atoms with Gasteiger partial charge in [0, 0.05) is 45.9 Å². The summed E-state index contributed by atoms with van der Waals surface area (Å²) in [6.07, 6.45) is 1.17. The molecule has 150 valence electrons. The van der Waals surface area contributed by atoms with Crippen molar-refractivity contribution in [1.82, 2.24) is 9.80 Å². The number of amides is 2. The second kappa shape index (κ2) is 8.95. The van der Waals surface area contributed by atoms with Gasteiger partial charge in [0.25, 0.3) is 5.91 Å². The van der Waals surface area contributed by atoms with Crippen molar-refractivity contribution < 1.29 is 23.1 Å². The fourth-order valence-corrected chi connectivity index (χ4v) is 3.58. The van der Waals surface area contributed by atoms with Crippen LogP contribution in [-0.2, 0) is 9.53 Å². The third kappa shape index (κ3) is 4.23. The molecule has 2 heterocycles. The molecule has 2 aliphatic rings. The van der Waals surface area contributed by atoms with E-state index in [4.69, 9.17) is 10.5 Å². The minimum atomic E-state index is -0.877. The number of halogens is 3. The summed E-state index contributed by atoms with van der Waals surface area (Å²) in [6.45, 7) is 2.38. The summed E-state index contributed by atoms with van der Waals surface area (Å²) in [7, 11) is 0. The molecule has 6 nitrogen and oxygen atoms in total. The first-order valence-electron chi connectivity index (χ1n) is 8.79. The van der Waals surface area contributed by atoms with Gasteiger partial charge >= 0.3 is 0 Å². The van der Waals surface area contributed by atoms with Gasteiger partial charge in [0.05, 0.1) is 5.41 Å². The van der Waals surface area contributed by atoms with Crippen molar-refractivity contribution >= 4 is 24.2 Å². The van der Waals surface area contributed by atoms with Crippen molar-refractivity contribution in [2.75, 3.05) is 45.9 Å². The first-order valence-corrected chi connectivity index (χ1v) is 8.79. The Morgan fingerprint density at radius 3 is 2.07 bits per heavy atom. The SMILES string of the molecule is Cl.NCC1(C(=O)N2CCN(C(=O)c3c(F)cccc3F)CC2)CCOCC1. The van der Waals surface area contributed by atoms with Crippen LogP contribution in [0, 0.1) is 17.0 Å². The normalized spacial score (nSPS) is 19.4. The Hall–Kier alpha value is -1.77. The van der Waals surface area contributed by atoms with Crippen LogP contribution in [0.1, 0.15) is 23.2 Å². The lowest BCUT2D eigenvalue weighted by Crippen LogP contribution is -2.57. The van der Waals surface area contributed by atoms with Crippen molar-refractivity contribution in [2.24, 2.45) is 11.1 Å². The molecule has 9 heteroatoms. The van der Waals surface area contributed by atoms with E-state index in [-0.39, 0.29) is 37.9 Å². The number of nitrogens with zero attached hydrogens (tertiary/aromatic N) is 2. The van der Waals surface area contributed by atoms with Crippen LogP contribution in [0.3, 0.4) is 0 Å². The van der Waals surface area contributed by atoms with E-state index in [0.29, 0.717) is 39.1 Å². The highest BCUT2D eigenvalue weighted by molar-refractivity contribution is 5.95. The van der Waals surface area contributed by atoms with Gasteiger partial charge in [-0.1, -0.05) is 6.07 Å². The predicted molar refractivity (Wildman–Crippen MR) is 97.6 cm³/mol. The van der Waals surface area contributed by atoms with E-state index in [1.165, 1.54) is 11.0 Å². The maximum absolute atomic E-state index is 13.8. The van der Waals surface area contributed by atoms with Gasteiger partial charge in [0.1, 0.15) is 17.2 Å². The highest BCUT2D eigenvalue weighted by Gasteiger charge is 2.42. The molecule has 2 amide bonds. The maximum Gasteiger partial charge on any atom is 0.259 e. The van der Waals surface area contributed by atoms with Crippen LogP contribution in [0.4, 0.5) is 8.78 Å². The van der Waals surface area contributed by atoms with Crippen molar-refractivity contribution in [3.05, 3.63) is 35.4 Å². The monoisotopic (exact) mass is 403 g/mol. The second-order valence-corrected chi connectivity index (χ2v) is 6.78. The van der Waals surface area contributed by atoms with Crippen LogP contribution in [0.25, 0.3) is 0 Å². The van der Waals surface area contributed by atoms with Gasteiger partial charge in [0.2, 0.25) is 5.91 Å². The summed E-state index contributed by atoms with van der Waals surface area (Å²) in [5.41, 5.74) is 4.72. The van der Waals surface area contributed by atoms with Crippen LogP contribution >= 0.6 is 12.4 Å². The quantitative estimate of drug-likeness (QED) is 0.828. The molecular formula is C18H24ClF2N3O3. The molecule has 1 aromatic rings. The number of ether oxygens (including phenoxy) is 1. The number of carbonyl (C=O) groups is 2. The third-order valence-corrected chi connectivity index (χ3v) is 5.33. The van der Waals surface area contributed by atoms with E-state index >= 15 is 0 Å². The van der Waals surface area contributed by atoms with Crippen molar-refractivity contribution in [2.45, 2.75) is 12.8 Å². The molecule has 0 spiro atoms. The van der Waals surface area contributed by atoms with E-state index in [1.54, 1.807) is 4.90 Å². The van der Waals surface area contributed by atoms with Gasteiger partial charge in [-0.25, -0.2) is 8.78 Å². The van der Waals surface area contributed by atoms with Crippen LogP contribution in [-0.4, -0.2) is 67.6 Å². The Morgan fingerprint density at radius 2 is 1.56 bits per heavy atom. The molecule has 0 atom stereocenters. The zero-order chi connectivity index (χ0) is 18.7. The number of hydrogen-bond acceptors (Lipinski definition) is 4. The minimum absolute atomic E-state index is 0. The Bertz CT molecular complexity index is 670. The summed E-state index contributed by atoms with van der Waals surface area (Å²) in [5, 5.41) is 0. The standard InChI is InChI=1S/C18H23F2N3O3.ClH/c19-13-2-1-3-14(20)15(13)16(24)22-6-8-23(9-7-22)17(25)18(12-21)4-10-26-11-5-18;/h1-3H,4-12,21H2;1H. The summed E-state index contributed by atoms with van der Waals surface area (Å²) < 4.78 is 33.0. The van der Waals surface area contributed by atoms with E-state index < -0.39 is 28.5 Å². The van der Waals surface area contributed by atoms with E-state index in [2.05, 4.69) is 0 Å². The van der Waals surface area contributed by atoms with Crippen LogP contribution in [0.5, 0.6) is 0 Å². The Morgan fingerprint density at radius 1 is 1.04 bits per heavy atom. The highest BCUT2D eigenvalue weighted by atomic mass is 35.5. The molecule has 0 saturated carbocycles. The predicted octanol–water partition coefficient (Wildman–Crippen LogP) is 1.43. The van der Waals surface area contributed by atoms with Gasteiger partial charge in [-0.05, 0) is 25.0 Å². The topological polar surface area (TPSA) is 75.9 Å². The lowest BCUT2D eigenvalue weighted by molar-refractivity contribution is -0.148. The molecule has 0 bridgehead atoms. The van der Waals surface area contributed by atoms with Gasteiger partial charge in [-0.15, -0.1) is 12.4 Å². The third-order valence-electron chi connectivity index (χ3n) is 5.33. The number of nitrogens with two attached hydrogens (primary N) is 1. The largest absolute Gasteiger partial charge is 0.381 e. The molecule has 1 aromatic carbocycles. The lowest BCUT2D eigenvalue weighted by atomic mass is 9.78. The molecule has 2 saturated heterocycles. The first kappa shape index (κ1) is 21.5. The number of carbonyl (C=O) groups excluding carboxylic acids is 2. The smallest absolute Gasteiger partial charge is 0.259 e. The zero-order valence-corrected chi connectivity index (χ0v) is 15.8. The molecule has 27 heavy (non-hydrogen) atoms. The van der Waals surface area contributed by atoms with E-state index in [9.17, 15) is 18.4 Å². The highest BCUT2D eigenvalue weighted by Crippen LogP contribution is 2.32. The molecule has 2 N–H and O–H groups in total. The Balaban J connectivity index is 0.00000261. The fraction of sp³-hybridized carbons (Fsp3) is 0.556. The van der Waals surface area contributed by atoms with Crippen LogP contribution < -0.4 is 5.73 Å². The van der Waals surface area contributed by atoms with Gasteiger partial charge in [-0.3, -0.25) is 9.59 Å². The van der Waals surface area contributed by atoms with Crippen LogP contribution in [0.15, 0.2) is 18.2 Å². The van der Waals surface area contributed by atoms with Crippen LogP contribution in [0.2, 0.25) is 0 Å². The Kier molecular flexibility index (Phi) is 7.13. The van der Waals surface area contributed by atoms with Crippen molar-refractivity contribution in [3.63, 3.8) is 0 Å². The summed E-state index contributed by atoms with van der Waals surface area (Å²) in [4.78, 5) is 28.4.